The minimum absolute atomic E-state index is 0.0863. The Hall–Kier alpha value is -1.97. The van der Waals surface area contributed by atoms with Crippen LogP contribution in [0.1, 0.15) is 0 Å². The summed E-state index contributed by atoms with van der Waals surface area (Å²) in [6.07, 6.45) is 0. The third-order valence-corrected chi connectivity index (χ3v) is 4.11. The highest BCUT2D eigenvalue weighted by Gasteiger charge is 2.16. The number of nitrogens with one attached hydrogen (secondary N) is 1. The lowest BCUT2D eigenvalue weighted by atomic mass is 10.3. The van der Waals surface area contributed by atoms with Crippen LogP contribution in [0, 0.1) is 0 Å². The molecule has 0 radical (unpaired) electrons. The van der Waals surface area contributed by atoms with Crippen molar-refractivity contribution in [3.8, 4) is 0 Å². The van der Waals surface area contributed by atoms with Gasteiger partial charge in [-0.1, -0.05) is 0 Å². The average Bonchev–Trinajstić information content (AvgIpc) is 2.55. The third-order valence-electron chi connectivity index (χ3n) is 3.22. The Morgan fingerprint density at radius 3 is 2.43 bits per heavy atom. The lowest BCUT2D eigenvalue weighted by Gasteiger charge is -2.26. The normalized spacial score (nSPS) is 15.0. The van der Waals surface area contributed by atoms with E-state index in [4.69, 9.17) is 16.3 Å². The fourth-order valence-electron chi connectivity index (χ4n) is 2.10. The van der Waals surface area contributed by atoms with Crippen LogP contribution in [0.4, 0.5) is 17.6 Å². The molecule has 0 spiro atoms. The van der Waals surface area contributed by atoms with Crippen molar-refractivity contribution in [1.29, 1.82) is 0 Å². The summed E-state index contributed by atoms with van der Waals surface area (Å²) in [5.41, 5.74) is 0.654. The zero-order chi connectivity index (χ0) is 16.2. The van der Waals surface area contributed by atoms with Gasteiger partial charge in [0.25, 0.3) is 0 Å². The van der Waals surface area contributed by atoms with Gasteiger partial charge in [0.15, 0.2) is 10.7 Å². The second-order valence-electron chi connectivity index (χ2n) is 4.76. The summed E-state index contributed by atoms with van der Waals surface area (Å²) in [4.78, 5) is 14.7. The van der Waals surface area contributed by atoms with Crippen LogP contribution in [0.15, 0.2) is 29.2 Å². The number of thiol groups is 1. The lowest BCUT2D eigenvalue weighted by molar-refractivity contribution is 0.122. The number of hydrogen-bond donors (Lipinski definition) is 2. The topological polar surface area (TPSA) is 97.3 Å². The fourth-order valence-corrected chi connectivity index (χ4v) is 2.64. The molecule has 0 saturated carbocycles. The molecule has 0 atom stereocenters. The van der Waals surface area contributed by atoms with Gasteiger partial charge < -0.3 is 15.0 Å². The second-order valence-corrected chi connectivity index (χ2v) is 6.13. The molecule has 0 unspecified atom stereocenters. The summed E-state index contributed by atoms with van der Waals surface area (Å²) in [6.45, 7) is 2.60. The molecule has 0 aliphatic carbocycles. The predicted molar refractivity (Wildman–Crippen MR) is 86.2 cm³/mol. The standard InChI is InChI=1S/C13H14ClN5O3S/c14-11-16-12(15-9-1-3-10(4-2-9)23(20)21)18-13(17-11)19-5-7-22-8-6-19/h1-4,23H,5-8H2,(H,15,16,17,18). The second kappa shape index (κ2) is 7.07. The van der Waals surface area contributed by atoms with E-state index < -0.39 is 10.7 Å². The molecule has 0 bridgehead atoms. The van der Waals surface area contributed by atoms with Gasteiger partial charge in [-0.3, -0.25) is 0 Å². The molecule has 2 aromatic rings. The molecule has 1 saturated heterocycles. The van der Waals surface area contributed by atoms with Crippen molar-refractivity contribution >= 4 is 39.9 Å². The number of aromatic nitrogens is 3. The summed E-state index contributed by atoms with van der Waals surface area (Å²) in [5.74, 6) is 0.779. The van der Waals surface area contributed by atoms with E-state index in [2.05, 4.69) is 20.3 Å². The molecule has 1 aromatic heterocycles. The van der Waals surface area contributed by atoms with Crippen molar-refractivity contribution in [3.05, 3.63) is 29.5 Å². The number of nitrogens with zero attached hydrogens (tertiary/aromatic N) is 4. The Morgan fingerprint density at radius 2 is 1.78 bits per heavy atom. The fraction of sp³-hybridized carbons (Fsp3) is 0.308. The summed E-state index contributed by atoms with van der Waals surface area (Å²) in [7, 11) is -2.59. The van der Waals surface area contributed by atoms with E-state index in [1.54, 1.807) is 12.1 Å². The number of benzene rings is 1. The Kier molecular flexibility index (Phi) is 4.89. The first kappa shape index (κ1) is 15.9. The van der Waals surface area contributed by atoms with Crippen molar-refractivity contribution in [3.63, 3.8) is 0 Å². The van der Waals surface area contributed by atoms with Crippen LogP contribution in [0.5, 0.6) is 0 Å². The van der Waals surface area contributed by atoms with Crippen LogP contribution < -0.4 is 10.2 Å². The van der Waals surface area contributed by atoms with Crippen LogP contribution in [-0.2, 0) is 15.4 Å². The maximum Gasteiger partial charge on any atom is 0.233 e. The molecule has 1 aliphatic heterocycles. The minimum Gasteiger partial charge on any atom is -0.378 e. The predicted octanol–water partition coefficient (Wildman–Crippen LogP) is 1.08. The number of anilines is 3. The molecular formula is C13H14ClN5O3S. The number of halogens is 1. The van der Waals surface area contributed by atoms with Crippen molar-refractivity contribution in [2.75, 3.05) is 36.5 Å². The Balaban J connectivity index is 1.80. The van der Waals surface area contributed by atoms with E-state index in [9.17, 15) is 8.42 Å². The summed E-state index contributed by atoms with van der Waals surface area (Å²) < 4.78 is 27.1. The van der Waals surface area contributed by atoms with E-state index in [0.717, 1.165) is 0 Å². The van der Waals surface area contributed by atoms with Gasteiger partial charge >= 0.3 is 0 Å². The maximum absolute atomic E-state index is 10.9. The molecule has 2 heterocycles. The number of ether oxygens (including phenoxy) is 1. The third kappa shape index (κ3) is 4.06. The molecule has 8 nitrogen and oxygen atoms in total. The van der Waals surface area contributed by atoms with E-state index in [1.165, 1.54) is 12.1 Å². The van der Waals surface area contributed by atoms with Crippen molar-refractivity contribution < 1.29 is 13.2 Å². The lowest BCUT2D eigenvalue weighted by Crippen LogP contribution is -2.37. The van der Waals surface area contributed by atoms with E-state index in [-0.39, 0.29) is 10.2 Å². The molecule has 23 heavy (non-hydrogen) atoms. The number of hydrogen-bond acceptors (Lipinski definition) is 8. The SMILES string of the molecule is O=[SH](=O)c1ccc(Nc2nc(Cl)nc(N3CCOCC3)n2)cc1. The summed E-state index contributed by atoms with van der Waals surface area (Å²) >= 11 is 5.96. The van der Waals surface area contributed by atoms with Crippen LogP contribution >= 0.6 is 11.6 Å². The Labute approximate surface area is 139 Å². The van der Waals surface area contributed by atoms with Gasteiger partial charge in [0.1, 0.15) is 0 Å². The van der Waals surface area contributed by atoms with Crippen LogP contribution in [-0.4, -0.2) is 49.7 Å². The molecule has 3 rings (SSSR count). The molecule has 1 aromatic carbocycles. The van der Waals surface area contributed by atoms with E-state index >= 15 is 0 Å². The number of morpholine rings is 1. The van der Waals surface area contributed by atoms with Gasteiger partial charge in [-0.15, -0.1) is 0 Å². The molecule has 1 fully saturated rings. The first-order chi connectivity index (χ1) is 11.1. The van der Waals surface area contributed by atoms with Crippen molar-refractivity contribution in [2.24, 2.45) is 0 Å². The quantitative estimate of drug-likeness (QED) is 0.786. The molecule has 1 aliphatic rings. The molecule has 1 N–H and O–H groups in total. The largest absolute Gasteiger partial charge is 0.378 e. The van der Waals surface area contributed by atoms with Gasteiger partial charge in [0.05, 0.1) is 18.1 Å². The highest BCUT2D eigenvalue weighted by Crippen LogP contribution is 2.19. The van der Waals surface area contributed by atoms with Crippen molar-refractivity contribution in [2.45, 2.75) is 4.90 Å². The maximum atomic E-state index is 10.9. The van der Waals surface area contributed by atoms with Crippen LogP contribution in [0.2, 0.25) is 5.28 Å². The smallest absolute Gasteiger partial charge is 0.233 e. The Morgan fingerprint density at radius 1 is 1.09 bits per heavy atom. The highest BCUT2D eigenvalue weighted by molar-refractivity contribution is 7.72. The minimum atomic E-state index is -2.59. The summed E-state index contributed by atoms with van der Waals surface area (Å²) in [6, 6.07) is 6.26. The molecule has 122 valence electrons. The zero-order valence-electron chi connectivity index (χ0n) is 12.0. The monoisotopic (exact) mass is 355 g/mol. The highest BCUT2D eigenvalue weighted by atomic mass is 35.5. The summed E-state index contributed by atoms with van der Waals surface area (Å²) in [5, 5.41) is 3.08. The molecular weight excluding hydrogens is 342 g/mol. The van der Waals surface area contributed by atoms with Crippen molar-refractivity contribution in [1.82, 2.24) is 15.0 Å². The zero-order valence-corrected chi connectivity index (χ0v) is 13.6. The number of rotatable bonds is 4. The van der Waals surface area contributed by atoms with Crippen LogP contribution in [0.25, 0.3) is 0 Å². The average molecular weight is 356 g/mol. The first-order valence-electron chi connectivity index (χ1n) is 6.87. The van der Waals surface area contributed by atoms with Gasteiger partial charge in [-0.2, -0.15) is 15.0 Å². The Bertz CT molecular complexity index is 755. The van der Waals surface area contributed by atoms with E-state index in [0.29, 0.717) is 43.9 Å². The van der Waals surface area contributed by atoms with E-state index in [1.807, 2.05) is 4.90 Å². The first-order valence-corrected chi connectivity index (χ1v) is 8.43. The van der Waals surface area contributed by atoms with Crippen LogP contribution in [0.3, 0.4) is 0 Å². The molecule has 0 amide bonds. The van der Waals surface area contributed by atoms with Gasteiger partial charge in [0, 0.05) is 18.8 Å². The van der Waals surface area contributed by atoms with Gasteiger partial charge in [0.2, 0.25) is 17.2 Å². The van der Waals surface area contributed by atoms with Gasteiger partial charge in [-0.25, -0.2) is 8.42 Å². The molecule has 10 heteroatoms. The van der Waals surface area contributed by atoms with Gasteiger partial charge in [-0.05, 0) is 35.9 Å².